The van der Waals surface area contributed by atoms with E-state index in [0.29, 0.717) is 5.75 Å². The van der Waals surface area contributed by atoms with Crippen LogP contribution in [0.5, 0.6) is 0 Å². The summed E-state index contributed by atoms with van der Waals surface area (Å²) in [5.74, 6) is 6.43. The highest BCUT2D eigenvalue weighted by atomic mass is 32.2. The quantitative estimate of drug-likeness (QED) is 0.764. The number of carbonyl (C=O) groups excluding carboxylic acids is 1. The molecule has 0 atom stereocenters. The molecular weight excluding hydrogens is 220 g/mol. The topological polar surface area (TPSA) is 45.8 Å². The molecule has 0 aliphatic heterocycles. The maximum atomic E-state index is 10.7. The van der Waals surface area contributed by atoms with Crippen LogP contribution in [-0.4, -0.2) is 20.8 Å². The number of aromatic nitrogens is 2. The van der Waals surface area contributed by atoms with Crippen molar-refractivity contribution in [2.24, 2.45) is 0 Å². The van der Waals surface area contributed by atoms with Crippen molar-refractivity contribution in [3.8, 4) is 11.8 Å². The molecule has 0 saturated heterocycles. The highest BCUT2D eigenvalue weighted by Gasteiger charge is 1.95. The van der Waals surface area contributed by atoms with Crippen LogP contribution < -0.4 is 0 Å². The Kier molecular flexibility index (Phi) is 3.28. The first-order valence-corrected chi connectivity index (χ1v) is 5.79. The van der Waals surface area contributed by atoms with E-state index >= 15 is 0 Å². The van der Waals surface area contributed by atoms with E-state index in [1.165, 1.54) is 11.8 Å². The van der Waals surface area contributed by atoms with E-state index in [1.807, 2.05) is 18.3 Å². The Hall–Kier alpha value is -1.73. The van der Waals surface area contributed by atoms with Crippen LogP contribution in [0.15, 0.2) is 24.5 Å². The number of nitrogens with zero attached hydrogens (tertiary/aromatic N) is 1. The molecule has 2 heterocycles. The molecular formula is C12H10N2OS. The maximum Gasteiger partial charge on any atom is 0.186 e. The molecule has 0 fully saturated rings. The van der Waals surface area contributed by atoms with Gasteiger partial charge in [-0.1, -0.05) is 23.6 Å². The van der Waals surface area contributed by atoms with Crippen LogP contribution in [0.25, 0.3) is 11.0 Å². The van der Waals surface area contributed by atoms with Crippen molar-refractivity contribution in [1.82, 2.24) is 9.97 Å². The summed E-state index contributed by atoms with van der Waals surface area (Å²) in [5, 5.41) is 0.0900. The summed E-state index contributed by atoms with van der Waals surface area (Å²) in [4.78, 5) is 18.0. The zero-order valence-corrected chi connectivity index (χ0v) is 9.60. The fourth-order valence-corrected chi connectivity index (χ4v) is 1.63. The first-order valence-electron chi connectivity index (χ1n) is 4.81. The smallest absolute Gasteiger partial charge is 0.186 e. The van der Waals surface area contributed by atoms with Crippen molar-refractivity contribution in [1.29, 1.82) is 0 Å². The van der Waals surface area contributed by atoms with Gasteiger partial charge >= 0.3 is 0 Å². The van der Waals surface area contributed by atoms with Gasteiger partial charge in [0.2, 0.25) is 0 Å². The van der Waals surface area contributed by atoms with Crippen LogP contribution in [0.3, 0.4) is 0 Å². The van der Waals surface area contributed by atoms with Crippen molar-refractivity contribution < 1.29 is 4.79 Å². The highest BCUT2D eigenvalue weighted by Crippen LogP contribution is 2.10. The van der Waals surface area contributed by atoms with Gasteiger partial charge in [-0.15, -0.1) is 0 Å². The number of nitrogens with one attached hydrogen (secondary N) is 1. The minimum absolute atomic E-state index is 0.0900. The van der Waals surface area contributed by atoms with Crippen LogP contribution in [0.2, 0.25) is 0 Å². The summed E-state index contributed by atoms with van der Waals surface area (Å²) in [6.07, 6.45) is 3.59. The van der Waals surface area contributed by atoms with Gasteiger partial charge < -0.3 is 4.98 Å². The lowest BCUT2D eigenvalue weighted by Gasteiger charge is -1.91. The van der Waals surface area contributed by atoms with E-state index in [4.69, 9.17) is 0 Å². The molecule has 16 heavy (non-hydrogen) atoms. The fraction of sp³-hybridized carbons (Fsp3) is 0.167. The normalized spacial score (nSPS) is 9.81. The molecule has 1 N–H and O–H groups in total. The van der Waals surface area contributed by atoms with Crippen molar-refractivity contribution in [2.75, 3.05) is 5.75 Å². The van der Waals surface area contributed by atoms with E-state index in [9.17, 15) is 4.79 Å². The van der Waals surface area contributed by atoms with Gasteiger partial charge in [0.25, 0.3) is 0 Å². The van der Waals surface area contributed by atoms with Gasteiger partial charge in [0.15, 0.2) is 5.12 Å². The number of hydrogen-bond acceptors (Lipinski definition) is 3. The Morgan fingerprint density at radius 2 is 2.50 bits per heavy atom. The molecule has 0 aliphatic carbocycles. The second kappa shape index (κ2) is 4.86. The van der Waals surface area contributed by atoms with Crippen LogP contribution in [-0.2, 0) is 4.79 Å². The number of rotatable bonds is 1. The number of H-pyrrole nitrogens is 1. The Balaban J connectivity index is 2.11. The monoisotopic (exact) mass is 230 g/mol. The summed E-state index contributed by atoms with van der Waals surface area (Å²) < 4.78 is 0. The molecule has 0 aliphatic rings. The summed E-state index contributed by atoms with van der Waals surface area (Å²) in [6.45, 7) is 1.54. The number of aromatic amines is 1. The third-order valence-corrected chi connectivity index (χ3v) is 2.67. The molecule has 0 bridgehead atoms. The zero-order valence-electron chi connectivity index (χ0n) is 8.78. The third-order valence-electron chi connectivity index (χ3n) is 1.98. The van der Waals surface area contributed by atoms with Crippen LogP contribution in [0.4, 0.5) is 0 Å². The van der Waals surface area contributed by atoms with Crippen LogP contribution in [0.1, 0.15) is 12.5 Å². The lowest BCUT2D eigenvalue weighted by Crippen LogP contribution is -1.83. The summed E-state index contributed by atoms with van der Waals surface area (Å²) >= 11 is 1.22. The minimum Gasteiger partial charge on any atom is -0.360 e. The van der Waals surface area contributed by atoms with Gasteiger partial charge in [-0.05, 0) is 12.1 Å². The second-order valence-corrected chi connectivity index (χ2v) is 4.37. The number of thioether (sulfide) groups is 1. The minimum atomic E-state index is 0.0900. The van der Waals surface area contributed by atoms with Gasteiger partial charge in [-0.25, -0.2) is 0 Å². The van der Waals surface area contributed by atoms with E-state index in [1.54, 1.807) is 13.1 Å². The number of pyridine rings is 1. The first kappa shape index (κ1) is 10.8. The molecule has 0 radical (unpaired) electrons. The number of carbonyl (C=O) groups is 1. The van der Waals surface area contributed by atoms with Gasteiger partial charge in [-0.2, -0.15) is 0 Å². The Labute approximate surface area is 97.7 Å². The number of hydrogen-bond donors (Lipinski definition) is 1. The molecule has 0 spiro atoms. The van der Waals surface area contributed by atoms with E-state index < -0.39 is 0 Å². The van der Waals surface area contributed by atoms with Crippen molar-refractivity contribution >= 4 is 27.9 Å². The van der Waals surface area contributed by atoms with Crippen molar-refractivity contribution in [3.63, 3.8) is 0 Å². The molecule has 2 rings (SSSR count). The first-order chi connectivity index (χ1) is 7.75. The van der Waals surface area contributed by atoms with E-state index in [0.717, 1.165) is 16.6 Å². The molecule has 3 nitrogen and oxygen atoms in total. The lowest BCUT2D eigenvalue weighted by molar-refractivity contribution is -0.109. The predicted molar refractivity (Wildman–Crippen MR) is 66.1 cm³/mol. The molecule has 80 valence electrons. The molecule has 0 unspecified atom stereocenters. The molecule has 0 amide bonds. The molecule has 0 saturated carbocycles. The van der Waals surface area contributed by atoms with Gasteiger partial charge in [0.05, 0.1) is 16.8 Å². The van der Waals surface area contributed by atoms with Crippen molar-refractivity contribution in [2.45, 2.75) is 6.92 Å². The average Bonchev–Trinajstić information content (AvgIpc) is 2.71. The predicted octanol–water partition coefficient (Wildman–Crippen LogP) is 2.19. The summed E-state index contributed by atoms with van der Waals surface area (Å²) in [5.41, 5.74) is 2.77. The average molecular weight is 230 g/mol. The Bertz CT molecular complexity index is 577. The summed E-state index contributed by atoms with van der Waals surface area (Å²) in [6, 6.07) is 3.87. The SMILES string of the molecule is CC(=O)SCC#Cc1cnc2cc[nH]c2c1. The lowest BCUT2D eigenvalue weighted by atomic mass is 10.2. The van der Waals surface area contributed by atoms with Crippen LogP contribution >= 0.6 is 11.8 Å². The summed E-state index contributed by atoms with van der Waals surface area (Å²) in [7, 11) is 0. The molecule has 2 aromatic heterocycles. The largest absolute Gasteiger partial charge is 0.360 e. The van der Waals surface area contributed by atoms with Crippen molar-refractivity contribution in [3.05, 3.63) is 30.1 Å². The number of fused-ring (bicyclic) bond motifs is 1. The van der Waals surface area contributed by atoms with Crippen LogP contribution in [0, 0.1) is 11.8 Å². The van der Waals surface area contributed by atoms with Gasteiger partial charge in [0, 0.05) is 24.9 Å². The van der Waals surface area contributed by atoms with Gasteiger partial charge in [-0.3, -0.25) is 9.78 Å². The zero-order chi connectivity index (χ0) is 11.4. The highest BCUT2D eigenvalue weighted by molar-refractivity contribution is 8.13. The standard InChI is InChI=1S/C12H10N2OS/c1-9(15)16-6-2-3-10-7-12-11(14-8-10)4-5-13-12/h4-5,7-8,13H,6H2,1H3. The molecule has 2 aromatic rings. The fourth-order valence-electron chi connectivity index (χ4n) is 1.28. The maximum absolute atomic E-state index is 10.7. The van der Waals surface area contributed by atoms with E-state index in [-0.39, 0.29) is 5.12 Å². The second-order valence-electron chi connectivity index (χ2n) is 3.22. The molecule has 0 aromatic carbocycles. The molecule has 4 heteroatoms. The third kappa shape index (κ3) is 2.65. The van der Waals surface area contributed by atoms with Gasteiger partial charge in [0.1, 0.15) is 0 Å². The van der Waals surface area contributed by atoms with E-state index in [2.05, 4.69) is 21.8 Å². The Morgan fingerprint density at radius 3 is 3.31 bits per heavy atom. The Morgan fingerprint density at radius 1 is 1.62 bits per heavy atom.